The molecule has 0 aliphatic carbocycles. The van der Waals surface area contributed by atoms with E-state index in [2.05, 4.69) is 27.3 Å². The van der Waals surface area contributed by atoms with E-state index in [0.29, 0.717) is 24.9 Å². The van der Waals surface area contributed by atoms with Crippen LogP contribution in [0, 0.1) is 0 Å². The highest BCUT2D eigenvalue weighted by Gasteiger charge is 2.22. The Labute approximate surface area is 101 Å². The van der Waals surface area contributed by atoms with Crippen molar-refractivity contribution in [1.82, 2.24) is 20.4 Å². The topological polar surface area (TPSA) is 63.4 Å². The minimum Gasteiger partial charge on any atom is -0.374 e. The minimum atomic E-state index is 0.181. The molecule has 1 aromatic heterocycles. The first-order chi connectivity index (χ1) is 8.31. The lowest BCUT2D eigenvalue weighted by atomic mass is 10.2. The lowest BCUT2D eigenvalue weighted by Gasteiger charge is -2.30. The van der Waals surface area contributed by atoms with Gasteiger partial charge in [-0.1, -0.05) is 5.16 Å². The Morgan fingerprint density at radius 2 is 2.24 bits per heavy atom. The molecule has 1 fully saturated rings. The molecule has 0 amide bonds. The van der Waals surface area contributed by atoms with Crippen LogP contribution in [0.15, 0.2) is 4.52 Å². The molecule has 1 aliphatic heterocycles. The molecular weight excluding hydrogens is 220 g/mol. The third-order valence-corrected chi connectivity index (χ3v) is 2.98. The van der Waals surface area contributed by atoms with E-state index in [1.54, 1.807) is 0 Å². The molecule has 1 unspecified atom stereocenters. The van der Waals surface area contributed by atoms with Crippen LogP contribution in [0.5, 0.6) is 0 Å². The van der Waals surface area contributed by atoms with Crippen LogP contribution in [0.25, 0.3) is 0 Å². The number of nitrogens with zero attached hydrogens (tertiary/aromatic N) is 3. The smallest absolute Gasteiger partial charge is 0.243 e. The molecule has 6 nitrogen and oxygen atoms in total. The van der Waals surface area contributed by atoms with Crippen molar-refractivity contribution in [3.8, 4) is 0 Å². The van der Waals surface area contributed by atoms with Crippen molar-refractivity contribution < 1.29 is 9.26 Å². The van der Waals surface area contributed by atoms with Crippen molar-refractivity contribution in [2.75, 3.05) is 32.8 Å². The fraction of sp³-hybridized carbons (Fsp3) is 0.818. The Bertz CT molecular complexity index is 336. The molecule has 0 bridgehead atoms. The first kappa shape index (κ1) is 12.5. The maximum absolute atomic E-state index is 5.27. The van der Waals surface area contributed by atoms with Crippen LogP contribution in [-0.2, 0) is 11.3 Å². The van der Waals surface area contributed by atoms with Crippen LogP contribution < -0.4 is 5.32 Å². The zero-order valence-electron chi connectivity index (χ0n) is 10.5. The first-order valence-electron chi connectivity index (χ1n) is 6.16. The SMILES string of the molecule is CCOCc1noc(C(C)N2CCNCC2)n1. The van der Waals surface area contributed by atoms with Crippen LogP contribution in [0.1, 0.15) is 31.6 Å². The van der Waals surface area contributed by atoms with E-state index >= 15 is 0 Å². The number of piperazine rings is 1. The predicted octanol–water partition coefficient (Wildman–Crippen LogP) is 0.572. The highest BCUT2D eigenvalue weighted by atomic mass is 16.5. The zero-order valence-corrected chi connectivity index (χ0v) is 10.5. The second-order valence-corrected chi connectivity index (χ2v) is 4.15. The summed E-state index contributed by atoms with van der Waals surface area (Å²) in [7, 11) is 0. The van der Waals surface area contributed by atoms with E-state index in [1.165, 1.54) is 0 Å². The van der Waals surface area contributed by atoms with Crippen LogP contribution >= 0.6 is 0 Å². The molecule has 6 heteroatoms. The van der Waals surface area contributed by atoms with E-state index in [9.17, 15) is 0 Å². The maximum atomic E-state index is 5.27. The normalized spacial score (nSPS) is 19.4. The molecule has 1 aromatic rings. The standard InChI is InChI=1S/C11H20N4O2/c1-3-16-8-10-13-11(17-14-10)9(2)15-6-4-12-5-7-15/h9,12H,3-8H2,1-2H3. The molecule has 17 heavy (non-hydrogen) atoms. The maximum Gasteiger partial charge on any atom is 0.243 e. The summed E-state index contributed by atoms with van der Waals surface area (Å²) >= 11 is 0. The fourth-order valence-corrected chi connectivity index (χ4v) is 1.91. The number of aromatic nitrogens is 2. The summed E-state index contributed by atoms with van der Waals surface area (Å²) in [4.78, 5) is 6.70. The van der Waals surface area contributed by atoms with Crippen molar-refractivity contribution in [3.63, 3.8) is 0 Å². The van der Waals surface area contributed by atoms with Gasteiger partial charge in [0, 0.05) is 32.8 Å². The molecule has 2 rings (SSSR count). The summed E-state index contributed by atoms with van der Waals surface area (Å²) in [6, 6.07) is 0.181. The third-order valence-electron chi connectivity index (χ3n) is 2.98. The Morgan fingerprint density at radius 3 is 2.94 bits per heavy atom. The Morgan fingerprint density at radius 1 is 1.47 bits per heavy atom. The van der Waals surface area contributed by atoms with Gasteiger partial charge in [-0.3, -0.25) is 4.90 Å². The third kappa shape index (κ3) is 3.24. The lowest BCUT2D eigenvalue weighted by molar-refractivity contribution is 0.126. The molecule has 1 saturated heterocycles. The highest BCUT2D eigenvalue weighted by molar-refractivity contribution is 4.92. The Balaban J connectivity index is 1.93. The zero-order chi connectivity index (χ0) is 12.1. The first-order valence-corrected chi connectivity index (χ1v) is 6.16. The van der Waals surface area contributed by atoms with Gasteiger partial charge in [0.25, 0.3) is 0 Å². The fourth-order valence-electron chi connectivity index (χ4n) is 1.91. The quantitative estimate of drug-likeness (QED) is 0.812. The van der Waals surface area contributed by atoms with Crippen molar-refractivity contribution in [3.05, 3.63) is 11.7 Å². The van der Waals surface area contributed by atoms with Gasteiger partial charge in [-0.25, -0.2) is 0 Å². The predicted molar refractivity (Wildman–Crippen MR) is 62.5 cm³/mol. The summed E-state index contributed by atoms with van der Waals surface area (Å²) in [5.41, 5.74) is 0. The van der Waals surface area contributed by atoms with Crippen LogP contribution in [0.3, 0.4) is 0 Å². The Hall–Kier alpha value is -0.980. The summed E-state index contributed by atoms with van der Waals surface area (Å²) in [6.45, 7) is 9.21. The van der Waals surface area contributed by atoms with Crippen molar-refractivity contribution in [2.45, 2.75) is 26.5 Å². The van der Waals surface area contributed by atoms with E-state index in [-0.39, 0.29) is 6.04 Å². The second-order valence-electron chi connectivity index (χ2n) is 4.15. The van der Waals surface area contributed by atoms with Gasteiger partial charge in [0.1, 0.15) is 6.61 Å². The van der Waals surface area contributed by atoms with Crippen LogP contribution in [0.2, 0.25) is 0 Å². The van der Waals surface area contributed by atoms with E-state index < -0.39 is 0 Å². The van der Waals surface area contributed by atoms with Crippen LogP contribution in [0.4, 0.5) is 0 Å². The average molecular weight is 240 g/mol. The summed E-state index contributed by atoms with van der Waals surface area (Å²) < 4.78 is 10.5. The van der Waals surface area contributed by atoms with E-state index in [0.717, 1.165) is 26.2 Å². The number of nitrogens with one attached hydrogen (secondary N) is 1. The number of hydrogen-bond donors (Lipinski definition) is 1. The van der Waals surface area contributed by atoms with Crippen molar-refractivity contribution in [2.24, 2.45) is 0 Å². The molecule has 1 aliphatic rings. The number of rotatable bonds is 5. The highest BCUT2D eigenvalue weighted by Crippen LogP contribution is 2.18. The van der Waals surface area contributed by atoms with Gasteiger partial charge in [0.15, 0.2) is 5.82 Å². The van der Waals surface area contributed by atoms with E-state index in [1.807, 2.05) is 6.92 Å². The molecule has 0 radical (unpaired) electrons. The molecule has 0 spiro atoms. The van der Waals surface area contributed by atoms with Gasteiger partial charge >= 0.3 is 0 Å². The molecule has 0 aromatic carbocycles. The number of ether oxygens (including phenoxy) is 1. The molecule has 2 heterocycles. The lowest BCUT2D eigenvalue weighted by Crippen LogP contribution is -2.44. The van der Waals surface area contributed by atoms with E-state index in [4.69, 9.17) is 9.26 Å². The average Bonchev–Trinajstić information content (AvgIpc) is 2.85. The minimum absolute atomic E-state index is 0.181. The van der Waals surface area contributed by atoms with Crippen molar-refractivity contribution >= 4 is 0 Å². The van der Waals surface area contributed by atoms with Gasteiger partial charge in [-0.2, -0.15) is 4.98 Å². The monoisotopic (exact) mass is 240 g/mol. The van der Waals surface area contributed by atoms with Gasteiger partial charge in [-0.05, 0) is 13.8 Å². The molecule has 96 valence electrons. The summed E-state index contributed by atoms with van der Waals surface area (Å²) in [6.07, 6.45) is 0. The number of hydrogen-bond acceptors (Lipinski definition) is 6. The molecule has 1 N–H and O–H groups in total. The summed E-state index contributed by atoms with van der Waals surface area (Å²) in [5, 5.41) is 7.24. The van der Waals surface area contributed by atoms with Gasteiger partial charge in [-0.15, -0.1) is 0 Å². The summed E-state index contributed by atoms with van der Waals surface area (Å²) in [5.74, 6) is 1.31. The Kier molecular flexibility index (Phi) is 4.47. The van der Waals surface area contributed by atoms with Gasteiger partial charge in [0.05, 0.1) is 6.04 Å². The van der Waals surface area contributed by atoms with Crippen LogP contribution in [-0.4, -0.2) is 47.8 Å². The van der Waals surface area contributed by atoms with Gasteiger partial charge in [0.2, 0.25) is 5.89 Å². The largest absolute Gasteiger partial charge is 0.374 e. The molecular formula is C11H20N4O2. The second kappa shape index (κ2) is 6.09. The molecule has 1 atom stereocenters. The van der Waals surface area contributed by atoms with Crippen molar-refractivity contribution in [1.29, 1.82) is 0 Å². The molecule has 0 saturated carbocycles. The van der Waals surface area contributed by atoms with Gasteiger partial charge < -0.3 is 14.6 Å².